The average Bonchev–Trinajstić information content (AvgIpc) is 3.31. The maximum Gasteiger partial charge on any atom is 0.170 e. The molecule has 38 heavy (non-hydrogen) atoms. The van der Waals surface area contributed by atoms with Crippen molar-refractivity contribution in [1.82, 2.24) is 35.0 Å². The standard InChI is InChI=1S/C26H31N7O4S/c1-16-10-19(14-28-11-16)26-32-31-22(33(26)24-20(36-5)8-7-9-21(24)37-6)15-38(34,35)18(3)23(27-4)25-29-12-17(2)13-30-25/h7-14,18,23,27H,15H2,1-6H3/t18-,23-/m1/s1. The summed E-state index contributed by atoms with van der Waals surface area (Å²) < 4.78 is 40.5. The molecular weight excluding hydrogens is 506 g/mol. The van der Waals surface area contributed by atoms with Crippen molar-refractivity contribution in [2.75, 3.05) is 21.3 Å². The van der Waals surface area contributed by atoms with E-state index in [1.807, 2.05) is 19.9 Å². The summed E-state index contributed by atoms with van der Waals surface area (Å²) in [4.78, 5) is 13.0. The summed E-state index contributed by atoms with van der Waals surface area (Å²) in [6.45, 7) is 5.42. The van der Waals surface area contributed by atoms with E-state index in [0.717, 1.165) is 11.1 Å². The number of sulfone groups is 1. The number of ether oxygens (including phenoxy) is 2. The first-order valence-corrected chi connectivity index (χ1v) is 13.7. The van der Waals surface area contributed by atoms with E-state index < -0.39 is 26.9 Å². The Morgan fingerprint density at radius 1 is 0.974 bits per heavy atom. The fourth-order valence-electron chi connectivity index (χ4n) is 4.22. The summed E-state index contributed by atoms with van der Waals surface area (Å²) in [6.07, 6.45) is 6.71. The van der Waals surface area contributed by atoms with Gasteiger partial charge in [0, 0.05) is 30.4 Å². The lowest BCUT2D eigenvalue weighted by molar-refractivity contribution is 0.390. The van der Waals surface area contributed by atoms with Gasteiger partial charge in [0.15, 0.2) is 21.5 Å². The summed E-state index contributed by atoms with van der Waals surface area (Å²) in [7, 11) is 0.964. The Hall–Kier alpha value is -3.90. The van der Waals surface area contributed by atoms with Crippen LogP contribution in [0, 0.1) is 13.8 Å². The lowest BCUT2D eigenvalue weighted by Gasteiger charge is -2.23. The lowest BCUT2D eigenvalue weighted by Crippen LogP contribution is -2.36. The van der Waals surface area contributed by atoms with E-state index in [1.54, 1.807) is 61.5 Å². The van der Waals surface area contributed by atoms with Crippen molar-refractivity contribution in [3.8, 4) is 28.6 Å². The van der Waals surface area contributed by atoms with Gasteiger partial charge in [-0.2, -0.15) is 0 Å². The third-order valence-electron chi connectivity index (χ3n) is 6.24. The molecule has 0 amide bonds. The Morgan fingerprint density at radius 2 is 1.63 bits per heavy atom. The first-order valence-electron chi connectivity index (χ1n) is 11.9. The van der Waals surface area contributed by atoms with Crippen molar-refractivity contribution in [3.63, 3.8) is 0 Å². The van der Waals surface area contributed by atoms with E-state index in [4.69, 9.17) is 9.47 Å². The molecule has 4 rings (SSSR count). The highest BCUT2D eigenvalue weighted by molar-refractivity contribution is 7.91. The van der Waals surface area contributed by atoms with Gasteiger partial charge in [-0.1, -0.05) is 6.07 Å². The van der Waals surface area contributed by atoms with Crippen molar-refractivity contribution in [2.45, 2.75) is 37.8 Å². The number of nitrogens with one attached hydrogen (secondary N) is 1. The Kier molecular flexibility index (Phi) is 8.02. The first kappa shape index (κ1) is 27.1. The number of benzene rings is 1. The number of aromatic nitrogens is 6. The summed E-state index contributed by atoms with van der Waals surface area (Å²) >= 11 is 0. The normalized spacial score (nSPS) is 13.2. The molecule has 0 radical (unpaired) electrons. The van der Waals surface area contributed by atoms with Gasteiger partial charge in [0.05, 0.1) is 25.5 Å². The van der Waals surface area contributed by atoms with Crippen LogP contribution in [0.4, 0.5) is 0 Å². The summed E-state index contributed by atoms with van der Waals surface area (Å²) in [5.74, 6) is 1.56. The molecule has 0 spiro atoms. The van der Waals surface area contributed by atoms with Crippen molar-refractivity contribution in [2.24, 2.45) is 0 Å². The molecule has 2 atom stereocenters. The van der Waals surface area contributed by atoms with Gasteiger partial charge in [-0.05, 0) is 57.1 Å². The van der Waals surface area contributed by atoms with Crippen LogP contribution in [-0.4, -0.2) is 64.7 Å². The zero-order valence-electron chi connectivity index (χ0n) is 22.2. The lowest BCUT2D eigenvalue weighted by atomic mass is 10.2. The largest absolute Gasteiger partial charge is 0.494 e. The minimum atomic E-state index is -3.79. The Bertz CT molecular complexity index is 1500. The van der Waals surface area contributed by atoms with Crippen molar-refractivity contribution in [3.05, 3.63) is 71.8 Å². The monoisotopic (exact) mass is 537 g/mol. The van der Waals surface area contributed by atoms with Gasteiger partial charge in [-0.15, -0.1) is 10.2 Å². The molecule has 0 unspecified atom stereocenters. The van der Waals surface area contributed by atoms with Gasteiger partial charge in [-0.25, -0.2) is 18.4 Å². The Balaban J connectivity index is 1.84. The van der Waals surface area contributed by atoms with Crippen LogP contribution in [-0.2, 0) is 15.6 Å². The number of pyridine rings is 1. The van der Waals surface area contributed by atoms with Crippen LogP contribution in [0.3, 0.4) is 0 Å². The maximum absolute atomic E-state index is 13.8. The maximum atomic E-state index is 13.8. The van der Waals surface area contributed by atoms with Crippen LogP contribution in [0.5, 0.6) is 11.5 Å². The molecule has 4 aromatic rings. The van der Waals surface area contributed by atoms with Gasteiger partial charge in [0.25, 0.3) is 0 Å². The number of aryl methyl sites for hydroxylation is 2. The Morgan fingerprint density at radius 3 is 2.21 bits per heavy atom. The van der Waals surface area contributed by atoms with E-state index in [1.165, 1.54) is 14.2 Å². The molecule has 12 heteroatoms. The zero-order chi connectivity index (χ0) is 27.4. The van der Waals surface area contributed by atoms with Crippen LogP contribution >= 0.6 is 0 Å². The van der Waals surface area contributed by atoms with Crippen LogP contribution < -0.4 is 14.8 Å². The predicted molar refractivity (Wildman–Crippen MR) is 143 cm³/mol. The minimum Gasteiger partial charge on any atom is -0.494 e. The summed E-state index contributed by atoms with van der Waals surface area (Å²) in [5, 5.41) is 10.9. The highest BCUT2D eigenvalue weighted by Gasteiger charge is 2.34. The van der Waals surface area contributed by atoms with Crippen LogP contribution in [0.25, 0.3) is 17.1 Å². The van der Waals surface area contributed by atoms with Gasteiger partial charge >= 0.3 is 0 Å². The van der Waals surface area contributed by atoms with Gasteiger partial charge in [0.1, 0.15) is 28.8 Å². The molecule has 0 bridgehead atoms. The van der Waals surface area contributed by atoms with E-state index in [-0.39, 0.29) is 5.82 Å². The minimum absolute atomic E-state index is 0.204. The van der Waals surface area contributed by atoms with E-state index in [9.17, 15) is 8.42 Å². The van der Waals surface area contributed by atoms with E-state index >= 15 is 0 Å². The SMILES string of the molecule is CN[C@@H](c1ncc(C)cn1)[C@@H](C)S(=O)(=O)Cc1nnc(-c2cncc(C)c2)n1-c1c(OC)cccc1OC. The van der Waals surface area contributed by atoms with Crippen LogP contribution in [0.1, 0.15) is 35.7 Å². The molecule has 11 nitrogen and oxygen atoms in total. The Labute approximate surface area is 222 Å². The van der Waals surface area contributed by atoms with Gasteiger partial charge in [-0.3, -0.25) is 9.55 Å². The van der Waals surface area contributed by atoms with Gasteiger partial charge < -0.3 is 14.8 Å². The van der Waals surface area contributed by atoms with Crippen LogP contribution in [0.15, 0.2) is 49.1 Å². The average molecular weight is 538 g/mol. The van der Waals surface area contributed by atoms with Crippen molar-refractivity contribution < 1.29 is 17.9 Å². The smallest absolute Gasteiger partial charge is 0.170 e. The molecule has 200 valence electrons. The van der Waals surface area contributed by atoms with E-state index in [0.29, 0.717) is 34.4 Å². The summed E-state index contributed by atoms with van der Waals surface area (Å²) in [6, 6.07) is 6.60. The second kappa shape index (κ2) is 11.2. The molecule has 3 heterocycles. The van der Waals surface area contributed by atoms with Crippen molar-refractivity contribution in [1.29, 1.82) is 0 Å². The molecule has 0 aliphatic rings. The third kappa shape index (κ3) is 5.36. The zero-order valence-corrected chi connectivity index (χ0v) is 23.0. The molecule has 0 fully saturated rings. The first-order chi connectivity index (χ1) is 18.2. The molecule has 3 aromatic heterocycles. The fourth-order valence-corrected chi connectivity index (χ4v) is 5.70. The van der Waals surface area contributed by atoms with Crippen molar-refractivity contribution >= 4 is 9.84 Å². The molecule has 1 N–H and O–H groups in total. The molecule has 0 saturated carbocycles. The number of hydrogen-bond donors (Lipinski definition) is 1. The molecule has 0 saturated heterocycles. The number of methoxy groups -OCH3 is 2. The molecular formula is C26H31N7O4S. The highest BCUT2D eigenvalue weighted by Crippen LogP contribution is 2.37. The molecule has 0 aliphatic heterocycles. The van der Waals surface area contributed by atoms with Crippen LogP contribution in [0.2, 0.25) is 0 Å². The molecule has 1 aromatic carbocycles. The highest BCUT2D eigenvalue weighted by atomic mass is 32.2. The summed E-state index contributed by atoms with van der Waals surface area (Å²) in [5.41, 5.74) is 2.96. The second-order valence-corrected chi connectivity index (χ2v) is 11.3. The number of nitrogens with zero attached hydrogens (tertiary/aromatic N) is 6. The molecule has 0 aliphatic carbocycles. The predicted octanol–water partition coefficient (Wildman–Crippen LogP) is 3.02. The van der Waals surface area contributed by atoms with Gasteiger partial charge in [0.2, 0.25) is 0 Å². The second-order valence-electron chi connectivity index (χ2n) is 8.93. The van der Waals surface area contributed by atoms with E-state index in [2.05, 4.69) is 30.5 Å². The number of hydrogen-bond acceptors (Lipinski definition) is 10. The number of rotatable bonds is 10. The number of para-hydroxylation sites is 1. The quantitative estimate of drug-likeness (QED) is 0.322. The topological polar surface area (TPSA) is 134 Å². The fraction of sp³-hybridized carbons (Fsp3) is 0.346. The third-order valence-corrected chi connectivity index (χ3v) is 8.31.